The summed E-state index contributed by atoms with van der Waals surface area (Å²) in [5, 5.41) is 8.77. The smallest absolute Gasteiger partial charge is 0.410 e. The van der Waals surface area contributed by atoms with Crippen molar-refractivity contribution in [3.63, 3.8) is 0 Å². The van der Waals surface area contributed by atoms with Crippen molar-refractivity contribution in [3.05, 3.63) is 29.3 Å². The number of ketones is 1. The lowest BCUT2D eigenvalue weighted by Gasteiger charge is -2.47. The van der Waals surface area contributed by atoms with Crippen molar-refractivity contribution in [1.82, 2.24) is 9.88 Å². The van der Waals surface area contributed by atoms with Crippen LogP contribution in [0.25, 0.3) is 0 Å². The van der Waals surface area contributed by atoms with E-state index in [1.807, 2.05) is 0 Å². The highest BCUT2D eigenvalue weighted by Gasteiger charge is 2.45. The highest BCUT2D eigenvalue weighted by atomic mass is 19.1. The molecule has 0 aromatic carbocycles. The Morgan fingerprint density at radius 2 is 1.96 bits per heavy atom. The van der Waals surface area contributed by atoms with Gasteiger partial charge in [-0.05, 0) is 39.7 Å². The zero-order valence-corrected chi connectivity index (χ0v) is 15.6. The fourth-order valence-corrected chi connectivity index (χ4v) is 3.63. The van der Waals surface area contributed by atoms with Gasteiger partial charge in [0.2, 0.25) is 0 Å². The van der Waals surface area contributed by atoms with E-state index in [0.717, 1.165) is 6.07 Å². The van der Waals surface area contributed by atoms with Gasteiger partial charge in [0.1, 0.15) is 11.7 Å². The largest absolute Gasteiger partial charge is 0.444 e. The lowest BCUT2D eigenvalue weighted by atomic mass is 9.81. The minimum Gasteiger partial charge on any atom is -0.444 e. The average molecular weight is 375 g/mol. The van der Waals surface area contributed by atoms with Gasteiger partial charge in [-0.3, -0.25) is 9.69 Å². The van der Waals surface area contributed by atoms with E-state index in [1.165, 1.54) is 6.20 Å². The molecule has 27 heavy (non-hydrogen) atoms. The molecule has 1 aromatic rings. The first-order chi connectivity index (χ1) is 12.7. The van der Waals surface area contributed by atoms with E-state index >= 15 is 0 Å². The number of piperidine rings is 1. The monoisotopic (exact) mass is 375 g/mol. The highest BCUT2D eigenvalue weighted by Crippen LogP contribution is 2.34. The molecule has 2 aliphatic rings. The van der Waals surface area contributed by atoms with Crippen LogP contribution >= 0.6 is 0 Å². The summed E-state index contributed by atoms with van der Waals surface area (Å²) in [6, 6.07) is 2.16. The predicted molar refractivity (Wildman–Crippen MR) is 92.4 cm³/mol. The van der Waals surface area contributed by atoms with Crippen molar-refractivity contribution < 1.29 is 23.5 Å². The minimum absolute atomic E-state index is 0.140. The normalized spacial score (nSPS) is 24.9. The van der Waals surface area contributed by atoms with E-state index < -0.39 is 17.5 Å². The lowest BCUT2D eigenvalue weighted by molar-refractivity contribution is -0.0861. The highest BCUT2D eigenvalue weighted by molar-refractivity contribution is 5.97. The molecular formula is C19H22FN3O4. The number of carbonyl (C=O) groups excluding carboxylic acids is 2. The quantitative estimate of drug-likeness (QED) is 0.738. The van der Waals surface area contributed by atoms with Crippen LogP contribution in [0.5, 0.6) is 0 Å². The Labute approximate surface area is 157 Å². The van der Waals surface area contributed by atoms with E-state index in [0.29, 0.717) is 26.1 Å². The molecule has 0 aliphatic carbocycles. The van der Waals surface area contributed by atoms with E-state index in [2.05, 4.69) is 4.98 Å². The van der Waals surface area contributed by atoms with Gasteiger partial charge in [-0.2, -0.15) is 5.26 Å². The molecule has 2 atom stereocenters. The number of ether oxygens (including phenoxy) is 2. The first-order valence-corrected chi connectivity index (χ1v) is 8.88. The fraction of sp³-hybridized carbons (Fsp3) is 0.579. The van der Waals surface area contributed by atoms with E-state index in [4.69, 9.17) is 14.7 Å². The van der Waals surface area contributed by atoms with E-state index in [-0.39, 0.29) is 35.0 Å². The van der Waals surface area contributed by atoms with Gasteiger partial charge in [-0.1, -0.05) is 0 Å². The molecule has 0 N–H and O–H groups in total. The lowest BCUT2D eigenvalue weighted by Crippen LogP contribution is -2.60. The average Bonchev–Trinajstić information content (AvgIpc) is 2.58. The molecular weight excluding hydrogens is 353 g/mol. The molecule has 1 aromatic heterocycles. The molecule has 7 nitrogen and oxygen atoms in total. The SMILES string of the molecule is CC(C)(C)OC(=O)N1C2COCC1CC(C(=O)c1cnc(C#N)c(F)c1)C2. The number of aromatic nitrogens is 1. The number of Topliss-reactive ketones (excluding diaryl/α,β-unsaturated/α-hetero) is 1. The molecule has 8 heteroatoms. The predicted octanol–water partition coefficient (Wildman–Crippen LogP) is 2.69. The van der Waals surface area contributed by atoms with Crippen LogP contribution < -0.4 is 0 Å². The molecule has 2 aliphatic heterocycles. The molecule has 2 fully saturated rings. The Morgan fingerprint density at radius 3 is 2.48 bits per heavy atom. The summed E-state index contributed by atoms with van der Waals surface area (Å²) in [7, 11) is 0. The Hall–Kier alpha value is -2.53. The van der Waals surface area contributed by atoms with Crippen molar-refractivity contribution in [2.45, 2.75) is 51.3 Å². The minimum atomic E-state index is -0.807. The number of hydrogen-bond donors (Lipinski definition) is 0. The second kappa shape index (κ2) is 7.24. The van der Waals surface area contributed by atoms with Gasteiger partial charge in [0.05, 0.1) is 25.3 Å². The first-order valence-electron chi connectivity index (χ1n) is 8.88. The third-order valence-corrected chi connectivity index (χ3v) is 4.73. The zero-order chi connectivity index (χ0) is 19.8. The Bertz CT molecular complexity index is 785. The number of fused-ring (bicyclic) bond motifs is 2. The van der Waals surface area contributed by atoms with Crippen LogP contribution in [0.2, 0.25) is 0 Å². The topological polar surface area (TPSA) is 92.5 Å². The molecule has 0 radical (unpaired) electrons. The number of nitrogens with zero attached hydrogens (tertiary/aromatic N) is 3. The van der Waals surface area contributed by atoms with Crippen LogP contribution in [0.1, 0.15) is 49.7 Å². The molecule has 0 saturated carbocycles. The summed E-state index contributed by atoms with van der Waals surface area (Å²) in [5.74, 6) is -1.40. The third kappa shape index (κ3) is 4.08. The maximum absolute atomic E-state index is 13.8. The molecule has 2 unspecified atom stereocenters. The summed E-state index contributed by atoms with van der Waals surface area (Å²) in [5.41, 5.74) is -0.803. The maximum Gasteiger partial charge on any atom is 0.410 e. The molecule has 0 spiro atoms. The molecule has 1 amide bonds. The first kappa shape index (κ1) is 19.2. The number of pyridine rings is 1. The molecule has 3 heterocycles. The standard InChI is InChI=1S/C19H22FN3O4/c1-19(2,3)27-18(25)23-13-4-11(5-14(23)10-26-9-13)17(24)12-6-15(20)16(7-21)22-8-12/h6,8,11,13-14H,4-5,9-10H2,1-3H3. The van der Waals surface area contributed by atoms with Crippen molar-refractivity contribution in [2.24, 2.45) is 5.92 Å². The molecule has 144 valence electrons. The van der Waals surface area contributed by atoms with E-state index in [9.17, 15) is 14.0 Å². The maximum atomic E-state index is 13.8. The number of nitriles is 1. The van der Waals surface area contributed by atoms with Gasteiger partial charge >= 0.3 is 6.09 Å². The number of hydrogen-bond acceptors (Lipinski definition) is 6. The van der Waals surface area contributed by atoms with Crippen LogP contribution in [-0.2, 0) is 9.47 Å². The van der Waals surface area contributed by atoms with Crippen molar-refractivity contribution >= 4 is 11.9 Å². The van der Waals surface area contributed by atoms with Crippen LogP contribution in [0, 0.1) is 23.1 Å². The molecule has 2 bridgehead atoms. The second-order valence-electron chi connectivity index (χ2n) is 7.93. The van der Waals surface area contributed by atoms with Crippen molar-refractivity contribution in [2.75, 3.05) is 13.2 Å². The Balaban J connectivity index is 1.76. The van der Waals surface area contributed by atoms with Crippen LogP contribution in [-0.4, -0.2) is 52.7 Å². The summed E-state index contributed by atoms with van der Waals surface area (Å²) < 4.78 is 24.9. The Kier molecular flexibility index (Phi) is 5.16. The second-order valence-corrected chi connectivity index (χ2v) is 7.93. The summed E-state index contributed by atoms with van der Waals surface area (Å²) in [6.45, 7) is 6.08. The van der Waals surface area contributed by atoms with Gasteiger partial charge in [0, 0.05) is 17.7 Å². The van der Waals surface area contributed by atoms with Crippen molar-refractivity contribution in [3.8, 4) is 6.07 Å². The fourth-order valence-electron chi connectivity index (χ4n) is 3.63. The van der Waals surface area contributed by atoms with Crippen LogP contribution in [0.3, 0.4) is 0 Å². The summed E-state index contributed by atoms with van der Waals surface area (Å²) in [6.07, 6.45) is 1.65. The van der Waals surface area contributed by atoms with E-state index in [1.54, 1.807) is 31.7 Å². The van der Waals surface area contributed by atoms with Crippen LogP contribution in [0.15, 0.2) is 12.3 Å². The number of carbonyl (C=O) groups is 2. The third-order valence-electron chi connectivity index (χ3n) is 4.73. The number of amides is 1. The number of rotatable bonds is 2. The van der Waals surface area contributed by atoms with Gasteiger partial charge in [0.15, 0.2) is 17.3 Å². The summed E-state index contributed by atoms with van der Waals surface area (Å²) >= 11 is 0. The van der Waals surface area contributed by atoms with Gasteiger partial charge in [-0.15, -0.1) is 0 Å². The summed E-state index contributed by atoms with van der Waals surface area (Å²) in [4.78, 5) is 30.8. The van der Waals surface area contributed by atoms with Gasteiger partial charge in [-0.25, -0.2) is 14.2 Å². The van der Waals surface area contributed by atoms with Gasteiger partial charge in [0.25, 0.3) is 0 Å². The van der Waals surface area contributed by atoms with Crippen molar-refractivity contribution in [1.29, 1.82) is 5.26 Å². The zero-order valence-electron chi connectivity index (χ0n) is 15.6. The Morgan fingerprint density at radius 1 is 1.33 bits per heavy atom. The number of halogens is 1. The number of morpholine rings is 1. The van der Waals surface area contributed by atoms with Crippen LogP contribution in [0.4, 0.5) is 9.18 Å². The molecule has 2 saturated heterocycles. The van der Waals surface area contributed by atoms with Gasteiger partial charge < -0.3 is 9.47 Å². The molecule has 3 rings (SSSR count).